The quantitative estimate of drug-likeness (QED) is 0.751. The molecule has 0 spiro atoms. The summed E-state index contributed by atoms with van der Waals surface area (Å²) in [4.78, 5) is 22.8. The maximum Gasteiger partial charge on any atom is 0.326 e. The number of halogens is 1. The van der Waals surface area contributed by atoms with Gasteiger partial charge in [-0.05, 0) is 24.6 Å². The zero-order chi connectivity index (χ0) is 15.8. The van der Waals surface area contributed by atoms with E-state index in [9.17, 15) is 9.59 Å². The van der Waals surface area contributed by atoms with Crippen molar-refractivity contribution in [2.45, 2.75) is 32.2 Å². The van der Waals surface area contributed by atoms with Crippen molar-refractivity contribution < 1.29 is 14.7 Å². The monoisotopic (exact) mass is 309 g/mol. The first kappa shape index (κ1) is 16.8. The van der Waals surface area contributed by atoms with Gasteiger partial charge in [-0.25, -0.2) is 9.59 Å². The number of amides is 2. The SMILES string of the molecule is CCCCC(NC(=O)Nc1ccc(C#N)c(Cl)c1)C(=O)O. The Bertz CT molecular complexity index is 569. The van der Waals surface area contributed by atoms with E-state index in [0.717, 1.165) is 6.42 Å². The van der Waals surface area contributed by atoms with Crippen LogP contribution in [0.15, 0.2) is 18.2 Å². The lowest BCUT2D eigenvalue weighted by Crippen LogP contribution is -2.42. The van der Waals surface area contributed by atoms with Crippen LogP contribution in [0.3, 0.4) is 0 Å². The van der Waals surface area contributed by atoms with Crippen LogP contribution in [0.1, 0.15) is 31.7 Å². The second-order valence-corrected chi connectivity index (χ2v) is 4.85. The summed E-state index contributed by atoms with van der Waals surface area (Å²) in [5, 5.41) is 22.9. The summed E-state index contributed by atoms with van der Waals surface area (Å²) in [6, 6.07) is 4.78. The van der Waals surface area contributed by atoms with E-state index in [1.54, 1.807) is 0 Å². The molecule has 0 aliphatic carbocycles. The van der Waals surface area contributed by atoms with E-state index < -0.39 is 18.0 Å². The van der Waals surface area contributed by atoms with Crippen LogP contribution in [0.25, 0.3) is 0 Å². The second-order valence-electron chi connectivity index (χ2n) is 4.44. The smallest absolute Gasteiger partial charge is 0.326 e. The van der Waals surface area contributed by atoms with Crippen LogP contribution in [-0.4, -0.2) is 23.1 Å². The molecule has 0 aliphatic rings. The molecule has 0 heterocycles. The number of nitrogens with zero attached hydrogens (tertiary/aromatic N) is 1. The van der Waals surface area contributed by atoms with Crippen molar-refractivity contribution in [1.29, 1.82) is 5.26 Å². The van der Waals surface area contributed by atoms with Crippen LogP contribution in [-0.2, 0) is 4.79 Å². The summed E-state index contributed by atoms with van der Waals surface area (Å²) in [5.41, 5.74) is 0.685. The predicted molar refractivity (Wildman–Crippen MR) is 79.3 cm³/mol. The summed E-state index contributed by atoms with van der Waals surface area (Å²) in [5.74, 6) is -1.07. The fraction of sp³-hybridized carbons (Fsp3) is 0.357. The maximum atomic E-state index is 11.8. The van der Waals surface area contributed by atoms with Gasteiger partial charge in [0.05, 0.1) is 10.6 Å². The van der Waals surface area contributed by atoms with Crippen LogP contribution in [0.4, 0.5) is 10.5 Å². The van der Waals surface area contributed by atoms with Gasteiger partial charge in [0, 0.05) is 5.69 Å². The lowest BCUT2D eigenvalue weighted by Gasteiger charge is -2.15. The Morgan fingerprint density at radius 3 is 2.71 bits per heavy atom. The summed E-state index contributed by atoms with van der Waals surface area (Å²) >= 11 is 5.85. The van der Waals surface area contributed by atoms with E-state index >= 15 is 0 Å². The number of aliphatic carboxylic acids is 1. The molecule has 0 aliphatic heterocycles. The molecule has 0 saturated heterocycles. The van der Waals surface area contributed by atoms with Crippen LogP contribution in [0, 0.1) is 11.3 Å². The van der Waals surface area contributed by atoms with E-state index in [0.29, 0.717) is 24.1 Å². The zero-order valence-electron chi connectivity index (χ0n) is 11.5. The molecule has 2 amide bonds. The summed E-state index contributed by atoms with van der Waals surface area (Å²) in [6.07, 6.45) is 1.92. The Kier molecular flexibility index (Phi) is 6.50. The Morgan fingerprint density at radius 1 is 1.48 bits per heavy atom. The molecular formula is C14H16ClN3O3. The van der Waals surface area contributed by atoms with Crippen molar-refractivity contribution in [3.05, 3.63) is 28.8 Å². The third-order valence-electron chi connectivity index (χ3n) is 2.80. The van der Waals surface area contributed by atoms with E-state index in [1.807, 2.05) is 13.0 Å². The van der Waals surface area contributed by atoms with Crippen LogP contribution < -0.4 is 10.6 Å². The van der Waals surface area contributed by atoms with Crippen LogP contribution >= 0.6 is 11.6 Å². The highest BCUT2D eigenvalue weighted by atomic mass is 35.5. The molecule has 7 heteroatoms. The highest BCUT2D eigenvalue weighted by Crippen LogP contribution is 2.20. The average Bonchev–Trinajstić information content (AvgIpc) is 2.43. The normalized spacial score (nSPS) is 11.3. The van der Waals surface area contributed by atoms with Crippen molar-refractivity contribution in [2.24, 2.45) is 0 Å². The van der Waals surface area contributed by atoms with Crippen molar-refractivity contribution in [3.8, 4) is 6.07 Å². The molecule has 0 aromatic heterocycles. The van der Waals surface area contributed by atoms with Crippen molar-refractivity contribution in [2.75, 3.05) is 5.32 Å². The van der Waals surface area contributed by atoms with Gasteiger partial charge in [-0.2, -0.15) is 5.26 Å². The zero-order valence-corrected chi connectivity index (χ0v) is 12.3. The number of anilines is 1. The molecule has 1 rings (SSSR count). The lowest BCUT2D eigenvalue weighted by atomic mass is 10.1. The number of nitriles is 1. The number of unbranched alkanes of at least 4 members (excludes halogenated alkanes) is 1. The largest absolute Gasteiger partial charge is 0.480 e. The summed E-state index contributed by atoms with van der Waals surface area (Å²) in [7, 11) is 0. The van der Waals surface area contributed by atoms with Crippen molar-refractivity contribution >= 4 is 29.3 Å². The number of carboxylic acid groups (broad SMARTS) is 1. The van der Waals surface area contributed by atoms with E-state index in [-0.39, 0.29) is 5.02 Å². The first-order chi connectivity index (χ1) is 9.97. The molecule has 0 saturated carbocycles. The fourth-order valence-corrected chi connectivity index (χ4v) is 1.90. The predicted octanol–water partition coefficient (Wildman–Crippen LogP) is 2.98. The van der Waals surface area contributed by atoms with Gasteiger partial charge in [-0.3, -0.25) is 0 Å². The van der Waals surface area contributed by atoms with Crippen LogP contribution in [0.5, 0.6) is 0 Å². The molecule has 1 atom stereocenters. The molecule has 21 heavy (non-hydrogen) atoms. The van der Waals surface area contributed by atoms with Gasteiger partial charge in [0.25, 0.3) is 0 Å². The number of carbonyl (C=O) groups excluding carboxylic acids is 1. The molecule has 6 nitrogen and oxygen atoms in total. The molecular weight excluding hydrogens is 294 g/mol. The molecule has 112 valence electrons. The first-order valence-electron chi connectivity index (χ1n) is 6.48. The number of carbonyl (C=O) groups is 2. The molecule has 0 radical (unpaired) electrons. The molecule has 1 aromatic carbocycles. The van der Waals surface area contributed by atoms with E-state index in [2.05, 4.69) is 10.6 Å². The number of nitrogens with one attached hydrogen (secondary N) is 2. The van der Waals surface area contributed by atoms with E-state index in [1.165, 1.54) is 18.2 Å². The van der Waals surface area contributed by atoms with Crippen molar-refractivity contribution in [3.63, 3.8) is 0 Å². The van der Waals surface area contributed by atoms with Crippen molar-refractivity contribution in [1.82, 2.24) is 5.32 Å². The number of rotatable bonds is 6. The fourth-order valence-electron chi connectivity index (χ4n) is 1.67. The highest BCUT2D eigenvalue weighted by Gasteiger charge is 2.19. The Hall–Kier alpha value is -2.26. The van der Waals surface area contributed by atoms with Gasteiger partial charge in [0.2, 0.25) is 0 Å². The number of benzene rings is 1. The maximum absolute atomic E-state index is 11.8. The third-order valence-corrected chi connectivity index (χ3v) is 3.11. The molecule has 0 bridgehead atoms. The average molecular weight is 310 g/mol. The minimum Gasteiger partial charge on any atom is -0.480 e. The number of hydrogen-bond donors (Lipinski definition) is 3. The Labute approximate surface area is 127 Å². The second kappa shape index (κ2) is 8.12. The topological polar surface area (TPSA) is 102 Å². The standard InChI is InChI=1S/C14H16ClN3O3/c1-2-3-4-12(13(19)20)18-14(21)17-10-6-5-9(8-16)11(15)7-10/h5-7,12H,2-4H2,1H3,(H,19,20)(H2,17,18,21). The number of carboxylic acids is 1. The highest BCUT2D eigenvalue weighted by molar-refractivity contribution is 6.32. The lowest BCUT2D eigenvalue weighted by molar-refractivity contribution is -0.139. The Morgan fingerprint density at radius 2 is 2.19 bits per heavy atom. The van der Waals surface area contributed by atoms with Gasteiger partial charge in [0.15, 0.2) is 0 Å². The van der Waals surface area contributed by atoms with Gasteiger partial charge in [0.1, 0.15) is 12.1 Å². The van der Waals surface area contributed by atoms with Gasteiger partial charge in [-0.15, -0.1) is 0 Å². The number of urea groups is 1. The minimum absolute atomic E-state index is 0.219. The Balaban J connectivity index is 2.66. The van der Waals surface area contributed by atoms with E-state index in [4.69, 9.17) is 22.0 Å². The third kappa shape index (κ3) is 5.32. The number of hydrogen-bond acceptors (Lipinski definition) is 3. The van der Waals surface area contributed by atoms with Gasteiger partial charge < -0.3 is 15.7 Å². The molecule has 1 aromatic rings. The van der Waals surface area contributed by atoms with Gasteiger partial charge in [-0.1, -0.05) is 31.4 Å². The van der Waals surface area contributed by atoms with Crippen LogP contribution in [0.2, 0.25) is 5.02 Å². The summed E-state index contributed by atoms with van der Waals surface area (Å²) < 4.78 is 0. The molecule has 1 unspecified atom stereocenters. The molecule has 0 fully saturated rings. The minimum atomic E-state index is -1.07. The first-order valence-corrected chi connectivity index (χ1v) is 6.85. The van der Waals surface area contributed by atoms with Gasteiger partial charge >= 0.3 is 12.0 Å². The molecule has 3 N–H and O–H groups in total. The summed E-state index contributed by atoms with van der Waals surface area (Å²) in [6.45, 7) is 1.94.